The minimum Gasteiger partial charge on any atom is -0.481 e. The maximum absolute atomic E-state index is 12.6. The highest BCUT2D eigenvalue weighted by Gasteiger charge is 2.57. The second-order valence-corrected chi connectivity index (χ2v) is 9.73. The standard InChI is InChI=1S/C27H30N2O5/c1-16(10-11-24(30)29-13-12-21-22(14-29)25(21)26(31)32)28-27(33)34-15-23-19-8-4-2-6-17(19)18-7-3-5-9-20(18)23/h2-9,16,21-23,25H,10-15H2,1H3,(H,28,33)(H,31,32). The number of nitrogens with zero attached hydrogens (tertiary/aromatic N) is 1. The van der Waals surface area contributed by atoms with Gasteiger partial charge >= 0.3 is 12.1 Å². The highest BCUT2D eigenvalue weighted by molar-refractivity contribution is 5.79. The minimum absolute atomic E-state index is 0.00927. The molecule has 1 heterocycles. The molecule has 1 saturated carbocycles. The Morgan fingerprint density at radius 1 is 1.06 bits per heavy atom. The molecular formula is C27H30N2O5. The van der Waals surface area contributed by atoms with E-state index in [9.17, 15) is 19.5 Å². The van der Waals surface area contributed by atoms with Crippen LogP contribution in [0.2, 0.25) is 0 Å². The normalized spacial score (nSPS) is 23.3. The number of carbonyl (C=O) groups is 3. The van der Waals surface area contributed by atoms with Crippen molar-refractivity contribution in [3.05, 3.63) is 59.7 Å². The molecule has 2 N–H and O–H groups in total. The minimum atomic E-state index is -0.745. The van der Waals surface area contributed by atoms with Gasteiger partial charge in [-0.05, 0) is 53.9 Å². The molecule has 34 heavy (non-hydrogen) atoms. The van der Waals surface area contributed by atoms with Crippen molar-refractivity contribution in [2.24, 2.45) is 17.8 Å². The number of carboxylic acids is 1. The second kappa shape index (κ2) is 9.12. The Bertz CT molecular complexity index is 1070. The number of ether oxygens (including phenoxy) is 1. The van der Waals surface area contributed by atoms with E-state index in [2.05, 4.69) is 29.6 Å². The second-order valence-electron chi connectivity index (χ2n) is 9.73. The van der Waals surface area contributed by atoms with Crippen LogP contribution < -0.4 is 5.32 Å². The van der Waals surface area contributed by atoms with E-state index >= 15 is 0 Å². The van der Waals surface area contributed by atoms with Gasteiger partial charge in [0.25, 0.3) is 0 Å². The molecule has 7 heteroatoms. The summed E-state index contributed by atoms with van der Waals surface area (Å²) >= 11 is 0. The van der Waals surface area contributed by atoms with Crippen molar-refractivity contribution < 1.29 is 24.2 Å². The van der Waals surface area contributed by atoms with Gasteiger partial charge in [0.05, 0.1) is 5.92 Å². The summed E-state index contributed by atoms with van der Waals surface area (Å²) < 4.78 is 5.59. The monoisotopic (exact) mass is 462 g/mol. The molecule has 0 aromatic heterocycles. The molecule has 178 valence electrons. The van der Waals surface area contributed by atoms with Gasteiger partial charge in [0.2, 0.25) is 5.91 Å². The number of hydrogen-bond donors (Lipinski definition) is 2. The zero-order valence-electron chi connectivity index (χ0n) is 19.3. The van der Waals surface area contributed by atoms with Gasteiger partial charge in [-0.2, -0.15) is 0 Å². The molecular weight excluding hydrogens is 432 g/mol. The first-order valence-corrected chi connectivity index (χ1v) is 12.1. The lowest BCUT2D eigenvalue weighted by molar-refractivity contribution is -0.139. The summed E-state index contributed by atoms with van der Waals surface area (Å²) in [6.45, 7) is 3.28. The van der Waals surface area contributed by atoms with Crippen molar-refractivity contribution in [1.29, 1.82) is 0 Å². The van der Waals surface area contributed by atoms with Crippen molar-refractivity contribution in [1.82, 2.24) is 10.2 Å². The summed E-state index contributed by atoms with van der Waals surface area (Å²) in [4.78, 5) is 38.0. The Hall–Kier alpha value is -3.35. The number of carbonyl (C=O) groups excluding carboxylic acids is 2. The predicted octanol–water partition coefficient (Wildman–Crippen LogP) is 3.87. The zero-order chi connectivity index (χ0) is 23.8. The number of aliphatic carboxylic acids is 1. The van der Waals surface area contributed by atoms with Gasteiger partial charge in [0, 0.05) is 31.5 Å². The summed E-state index contributed by atoms with van der Waals surface area (Å²) in [5.74, 6) is -0.662. The molecule has 2 aromatic rings. The van der Waals surface area contributed by atoms with Crippen LogP contribution in [-0.4, -0.2) is 53.7 Å². The van der Waals surface area contributed by atoms with E-state index in [0.717, 1.165) is 6.42 Å². The number of likely N-dealkylation sites (tertiary alicyclic amines) is 1. The molecule has 2 fully saturated rings. The Kier molecular flexibility index (Phi) is 6.02. The first-order valence-electron chi connectivity index (χ1n) is 12.1. The van der Waals surface area contributed by atoms with Crippen LogP contribution in [0.25, 0.3) is 11.1 Å². The maximum atomic E-state index is 12.6. The van der Waals surface area contributed by atoms with Crippen LogP contribution >= 0.6 is 0 Å². The highest BCUT2D eigenvalue weighted by atomic mass is 16.5. The van der Waals surface area contributed by atoms with Gasteiger partial charge in [-0.25, -0.2) is 4.79 Å². The third kappa shape index (κ3) is 4.27. The molecule has 5 rings (SSSR count). The number of rotatable bonds is 7. The van der Waals surface area contributed by atoms with Crippen LogP contribution in [0.3, 0.4) is 0 Å². The largest absolute Gasteiger partial charge is 0.481 e. The fourth-order valence-electron chi connectivity index (χ4n) is 5.74. The molecule has 3 aliphatic rings. The SMILES string of the molecule is CC(CCC(=O)N1CCC2C(C1)C2C(=O)O)NC(=O)OCC1c2ccccc2-c2ccccc21. The number of amides is 2. The van der Waals surface area contributed by atoms with E-state index in [1.165, 1.54) is 22.3 Å². The average Bonchev–Trinajstić information content (AvgIpc) is 3.48. The van der Waals surface area contributed by atoms with Crippen LogP contribution in [0.15, 0.2) is 48.5 Å². The molecule has 0 bridgehead atoms. The van der Waals surface area contributed by atoms with Gasteiger partial charge in [-0.15, -0.1) is 0 Å². The number of nitrogens with one attached hydrogen (secondary N) is 1. The Morgan fingerprint density at radius 3 is 2.35 bits per heavy atom. The fourth-order valence-corrected chi connectivity index (χ4v) is 5.74. The zero-order valence-corrected chi connectivity index (χ0v) is 19.3. The lowest BCUT2D eigenvalue weighted by atomic mass is 9.98. The van der Waals surface area contributed by atoms with Crippen molar-refractivity contribution in [3.63, 3.8) is 0 Å². The Morgan fingerprint density at radius 2 is 1.71 bits per heavy atom. The molecule has 4 unspecified atom stereocenters. The number of piperidine rings is 1. The van der Waals surface area contributed by atoms with E-state index < -0.39 is 12.1 Å². The number of alkyl carbamates (subject to hydrolysis) is 1. The van der Waals surface area contributed by atoms with E-state index in [4.69, 9.17) is 4.74 Å². The lowest BCUT2D eigenvalue weighted by Gasteiger charge is -2.26. The third-order valence-corrected chi connectivity index (χ3v) is 7.63. The summed E-state index contributed by atoms with van der Waals surface area (Å²) in [5.41, 5.74) is 4.70. The molecule has 0 spiro atoms. The van der Waals surface area contributed by atoms with Crippen molar-refractivity contribution in [2.45, 2.75) is 38.1 Å². The molecule has 1 aliphatic heterocycles. The van der Waals surface area contributed by atoms with Crippen molar-refractivity contribution >= 4 is 18.0 Å². The highest BCUT2D eigenvalue weighted by Crippen LogP contribution is 2.51. The summed E-state index contributed by atoms with van der Waals surface area (Å²) in [7, 11) is 0. The summed E-state index contributed by atoms with van der Waals surface area (Å²) in [6.07, 6.45) is 1.11. The molecule has 2 amide bonds. The predicted molar refractivity (Wildman–Crippen MR) is 126 cm³/mol. The number of benzene rings is 2. The quantitative estimate of drug-likeness (QED) is 0.651. The first kappa shape index (κ1) is 22.4. The lowest BCUT2D eigenvalue weighted by Crippen LogP contribution is -2.39. The van der Waals surface area contributed by atoms with Crippen molar-refractivity contribution in [2.75, 3.05) is 19.7 Å². The van der Waals surface area contributed by atoms with Gasteiger partial charge in [0.1, 0.15) is 6.61 Å². The van der Waals surface area contributed by atoms with E-state index in [-0.39, 0.29) is 42.2 Å². The maximum Gasteiger partial charge on any atom is 0.407 e. The summed E-state index contributed by atoms with van der Waals surface area (Å²) in [5, 5.41) is 12.1. The van der Waals surface area contributed by atoms with Gasteiger partial charge < -0.3 is 20.1 Å². The van der Waals surface area contributed by atoms with E-state index in [1.807, 2.05) is 31.2 Å². The van der Waals surface area contributed by atoms with Crippen LogP contribution in [-0.2, 0) is 14.3 Å². The molecule has 7 nitrogen and oxygen atoms in total. The average molecular weight is 463 g/mol. The van der Waals surface area contributed by atoms with E-state index in [1.54, 1.807) is 4.90 Å². The number of fused-ring (bicyclic) bond motifs is 4. The van der Waals surface area contributed by atoms with E-state index in [0.29, 0.717) is 25.9 Å². The third-order valence-electron chi connectivity index (χ3n) is 7.63. The molecule has 0 radical (unpaired) electrons. The number of carboxylic acid groups (broad SMARTS) is 1. The molecule has 4 atom stereocenters. The molecule has 2 aliphatic carbocycles. The Labute approximate surface area is 199 Å². The molecule has 2 aromatic carbocycles. The fraction of sp³-hybridized carbons (Fsp3) is 0.444. The number of hydrogen-bond acceptors (Lipinski definition) is 4. The van der Waals surface area contributed by atoms with Crippen LogP contribution in [0.5, 0.6) is 0 Å². The Balaban J connectivity index is 1.08. The summed E-state index contributed by atoms with van der Waals surface area (Å²) in [6, 6.07) is 16.2. The van der Waals surface area contributed by atoms with Crippen LogP contribution in [0.4, 0.5) is 4.79 Å². The van der Waals surface area contributed by atoms with Gasteiger partial charge in [-0.3, -0.25) is 9.59 Å². The van der Waals surface area contributed by atoms with Crippen LogP contribution in [0, 0.1) is 17.8 Å². The van der Waals surface area contributed by atoms with Crippen molar-refractivity contribution in [3.8, 4) is 11.1 Å². The topological polar surface area (TPSA) is 95.9 Å². The molecule has 1 saturated heterocycles. The van der Waals surface area contributed by atoms with Crippen LogP contribution in [0.1, 0.15) is 43.2 Å². The van der Waals surface area contributed by atoms with Gasteiger partial charge in [0.15, 0.2) is 0 Å². The smallest absolute Gasteiger partial charge is 0.407 e. The van der Waals surface area contributed by atoms with Gasteiger partial charge in [-0.1, -0.05) is 48.5 Å². The first-order chi connectivity index (χ1) is 16.4.